The summed E-state index contributed by atoms with van der Waals surface area (Å²) in [7, 11) is 0. The summed E-state index contributed by atoms with van der Waals surface area (Å²) in [5.41, 5.74) is 0.516. The van der Waals surface area contributed by atoms with Crippen LogP contribution in [0.4, 0.5) is 5.69 Å². The van der Waals surface area contributed by atoms with Gasteiger partial charge < -0.3 is 14.5 Å². The smallest absolute Gasteiger partial charge is 0.343 e. The number of halogens is 1. The maximum absolute atomic E-state index is 12.6. The first kappa shape index (κ1) is 19.3. The first-order valence-corrected chi connectivity index (χ1v) is 8.72. The molecule has 1 amide bonds. The molecule has 3 rings (SSSR count). The summed E-state index contributed by atoms with van der Waals surface area (Å²) >= 11 is 5.89. The van der Waals surface area contributed by atoms with Crippen LogP contribution in [-0.4, -0.2) is 22.5 Å². The number of carbonyl (C=O) groups excluding carboxylic acids is 2. The Balaban J connectivity index is 1.77. The van der Waals surface area contributed by atoms with Gasteiger partial charge in [0.15, 0.2) is 6.10 Å². The minimum atomic E-state index is -1.10. The maximum atomic E-state index is 12.6. The van der Waals surface area contributed by atoms with E-state index in [2.05, 4.69) is 5.32 Å². The fraction of sp³-hybridized carbons (Fsp3) is 0.150. The maximum Gasteiger partial charge on any atom is 0.343 e. The molecule has 0 saturated carbocycles. The average molecular weight is 398 g/mol. The molecule has 0 radical (unpaired) electrons. The SMILES string of the molecule is Cc1oc(-n2cccc2)c(C#N)c1C(=O)O[C@H](C)C(=O)Nc1cccc(Cl)c1. The van der Waals surface area contributed by atoms with Gasteiger partial charge in [0, 0.05) is 23.1 Å². The summed E-state index contributed by atoms with van der Waals surface area (Å²) in [6, 6.07) is 12.1. The lowest BCUT2D eigenvalue weighted by Crippen LogP contribution is -2.30. The second kappa shape index (κ2) is 8.03. The Morgan fingerprint density at radius 3 is 2.64 bits per heavy atom. The molecule has 0 fully saturated rings. The first-order chi connectivity index (χ1) is 13.4. The molecule has 0 saturated heterocycles. The van der Waals surface area contributed by atoms with E-state index in [0.29, 0.717) is 10.7 Å². The highest BCUT2D eigenvalue weighted by Crippen LogP contribution is 2.26. The molecular formula is C20H16ClN3O4. The zero-order valence-corrected chi connectivity index (χ0v) is 15.9. The molecule has 0 spiro atoms. The Labute approximate surface area is 166 Å². The van der Waals surface area contributed by atoms with Crippen LogP contribution < -0.4 is 5.32 Å². The van der Waals surface area contributed by atoms with E-state index in [1.807, 2.05) is 6.07 Å². The Morgan fingerprint density at radius 2 is 2.00 bits per heavy atom. The van der Waals surface area contributed by atoms with E-state index in [4.69, 9.17) is 20.8 Å². The van der Waals surface area contributed by atoms with E-state index < -0.39 is 18.0 Å². The third-order valence-corrected chi connectivity index (χ3v) is 4.20. The number of amides is 1. The number of nitriles is 1. The highest BCUT2D eigenvalue weighted by Gasteiger charge is 2.28. The third-order valence-electron chi connectivity index (χ3n) is 3.97. The van der Waals surface area contributed by atoms with Gasteiger partial charge >= 0.3 is 5.97 Å². The van der Waals surface area contributed by atoms with Crippen molar-refractivity contribution < 1.29 is 18.7 Å². The van der Waals surface area contributed by atoms with Crippen molar-refractivity contribution in [3.63, 3.8) is 0 Å². The van der Waals surface area contributed by atoms with Gasteiger partial charge in [-0.15, -0.1) is 0 Å². The van der Waals surface area contributed by atoms with Crippen LogP contribution in [0.3, 0.4) is 0 Å². The van der Waals surface area contributed by atoms with Crippen molar-refractivity contribution >= 4 is 29.2 Å². The fourth-order valence-electron chi connectivity index (χ4n) is 2.61. The number of carbonyl (C=O) groups is 2. The zero-order chi connectivity index (χ0) is 20.3. The van der Waals surface area contributed by atoms with Crippen LogP contribution >= 0.6 is 11.6 Å². The molecule has 28 heavy (non-hydrogen) atoms. The number of ether oxygens (including phenoxy) is 1. The van der Waals surface area contributed by atoms with Gasteiger partial charge in [0.2, 0.25) is 5.88 Å². The van der Waals surface area contributed by atoms with Gasteiger partial charge in [0.1, 0.15) is 23.0 Å². The number of furan rings is 1. The van der Waals surface area contributed by atoms with Crippen molar-refractivity contribution in [2.24, 2.45) is 0 Å². The molecule has 8 heteroatoms. The monoisotopic (exact) mass is 397 g/mol. The summed E-state index contributed by atoms with van der Waals surface area (Å²) in [6.45, 7) is 2.99. The Morgan fingerprint density at radius 1 is 1.29 bits per heavy atom. The summed E-state index contributed by atoms with van der Waals surface area (Å²) < 4.78 is 12.4. The lowest BCUT2D eigenvalue weighted by atomic mass is 10.1. The van der Waals surface area contributed by atoms with Crippen molar-refractivity contribution in [1.29, 1.82) is 5.26 Å². The van der Waals surface area contributed by atoms with E-state index in [9.17, 15) is 14.9 Å². The fourth-order valence-corrected chi connectivity index (χ4v) is 2.80. The van der Waals surface area contributed by atoms with Gasteiger partial charge in [-0.2, -0.15) is 5.26 Å². The predicted molar refractivity (Wildman–Crippen MR) is 102 cm³/mol. The van der Waals surface area contributed by atoms with Crippen molar-refractivity contribution in [1.82, 2.24) is 4.57 Å². The number of aryl methyl sites for hydroxylation is 1. The molecular weight excluding hydrogens is 382 g/mol. The van der Waals surface area contributed by atoms with E-state index in [-0.39, 0.29) is 22.8 Å². The standard InChI is InChI=1S/C20H16ClN3O4/c1-12-17(16(11-22)19(27-12)24-8-3-4-9-24)20(26)28-13(2)18(25)23-15-7-5-6-14(21)10-15/h3-10,13H,1-2H3,(H,23,25)/t13-/m1/s1. The quantitative estimate of drug-likeness (QED) is 0.654. The van der Waals surface area contributed by atoms with Crippen LogP contribution in [0.2, 0.25) is 5.02 Å². The number of nitrogens with one attached hydrogen (secondary N) is 1. The van der Waals surface area contributed by atoms with Gasteiger partial charge in [-0.05, 0) is 44.2 Å². The number of anilines is 1. The van der Waals surface area contributed by atoms with Crippen molar-refractivity contribution in [3.8, 4) is 12.0 Å². The Kier molecular flexibility index (Phi) is 5.52. The van der Waals surface area contributed by atoms with Gasteiger partial charge in [-0.1, -0.05) is 17.7 Å². The minimum Gasteiger partial charge on any atom is -0.449 e. The van der Waals surface area contributed by atoms with Crippen LogP contribution in [0, 0.1) is 18.3 Å². The van der Waals surface area contributed by atoms with Gasteiger partial charge in [0.25, 0.3) is 5.91 Å². The number of hydrogen-bond acceptors (Lipinski definition) is 5. The van der Waals surface area contributed by atoms with Crippen molar-refractivity contribution in [2.45, 2.75) is 20.0 Å². The molecule has 1 atom stereocenters. The molecule has 2 aromatic heterocycles. The summed E-state index contributed by atoms with van der Waals surface area (Å²) in [4.78, 5) is 24.9. The molecule has 142 valence electrons. The second-order valence-corrected chi connectivity index (χ2v) is 6.40. The molecule has 2 heterocycles. The minimum absolute atomic E-state index is 0.00592. The molecule has 1 aromatic carbocycles. The number of esters is 1. The van der Waals surface area contributed by atoms with Crippen molar-refractivity contribution in [2.75, 3.05) is 5.32 Å². The normalized spacial score (nSPS) is 11.5. The highest BCUT2D eigenvalue weighted by molar-refractivity contribution is 6.30. The number of aromatic nitrogens is 1. The molecule has 0 aliphatic heterocycles. The Bertz CT molecular complexity index is 1060. The average Bonchev–Trinajstić information content (AvgIpc) is 3.28. The first-order valence-electron chi connectivity index (χ1n) is 8.35. The topological polar surface area (TPSA) is 97.3 Å². The lowest BCUT2D eigenvalue weighted by molar-refractivity contribution is -0.123. The molecule has 0 unspecified atom stereocenters. The largest absolute Gasteiger partial charge is 0.449 e. The molecule has 0 aliphatic carbocycles. The van der Waals surface area contributed by atoms with E-state index in [1.54, 1.807) is 60.3 Å². The number of benzene rings is 1. The number of hydrogen-bond donors (Lipinski definition) is 1. The summed E-state index contributed by atoms with van der Waals surface area (Å²) in [5.74, 6) is -0.897. The van der Waals surface area contributed by atoms with Gasteiger partial charge in [-0.3, -0.25) is 9.36 Å². The number of nitrogens with zero attached hydrogens (tertiary/aromatic N) is 2. The third kappa shape index (κ3) is 3.92. The number of rotatable bonds is 5. The molecule has 7 nitrogen and oxygen atoms in total. The molecule has 1 N–H and O–H groups in total. The molecule has 0 aliphatic rings. The van der Waals surface area contributed by atoms with Crippen LogP contribution in [0.15, 0.2) is 53.2 Å². The van der Waals surface area contributed by atoms with Gasteiger partial charge in [0.05, 0.1) is 0 Å². The van der Waals surface area contributed by atoms with Crippen molar-refractivity contribution in [3.05, 3.63) is 70.7 Å². The van der Waals surface area contributed by atoms with Gasteiger partial charge in [-0.25, -0.2) is 4.79 Å². The van der Waals surface area contributed by atoms with Crippen LogP contribution in [0.1, 0.15) is 28.6 Å². The van der Waals surface area contributed by atoms with E-state index >= 15 is 0 Å². The van der Waals surface area contributed by atoms with Crippen LogP contribution in [0.25, 0.3) is 5.88 Å². The Hall–Kier alpha value is -3.50. The van der Waals surface area contributed by atoms with E-state index in [1.165, 1.54) is 6.92 Å². The predicted octanol–water partition coefficient (Wildman–Crippen LogP) is 4.09. The molecule has 3 aromatic rings. The zero-order valence-electron chi connectivity index (χ0n) is 15.1. The molecule has 0 bridgehead atoms. The van der Waals surface area contributed by atoms with Crippen LogP contribution in [-0.2, 0) is 9.53 Å². The summed E-state index contributed by atoms with van der Waals surface area (Å²) in [5, 5.41) is 12.6. The van der Waals surface area contributed by atoms with Crippen LogP contribution in [0.5, 0.6) is 0 Å². The second-order valence-electron chi connectivity index (χ2n) is 5.96. The van der Waals surface area contributed by atoms with E-state index in [0.717, 1.165) is 0 Å². The lowest BCUT2D eigenvalue weighted by Gasteiger charge is -2.13. The highest BCUT2D eigenvalue weighted by atomic mass is 35.5. The summed E-state index contributed by atoms with van der Waals surface area (Å²) in [6.07, 6.45) is 2.28.